The van der Waals surface area contributed by atoms with Crippen molar-refractivity contribution in [2.75, 3.05) is 5.32 Å². The van der Waals surface area contributed by atoms with Gasteiger partial charge in [0.15, 0.2) is 0 Å². The fourth-order valence-corrected chi connectivity index (χ4v) is 1.06. The minimum atomic E-state index is -1.04. The number of halogens is 1. The van der Waals surface area contributed by atoms with Crippen LogP contribution in [0.25, 0.3) is 0 Å². The van der Waals surface area contributed by atoms with E-state index < -0.39 is 23.3 Å². The molecule has 0 saturated carbocycles. The first kappa shape index (κ1) is 13.2. The van der Waals surface area contributed by atoms with Crippen molar-refractivity contribution in [2.24, 2.45) is 0 Å². The molecule has 0 unspecified atom stereocenters. The third-order valence-electron chi connectivity index (χ3n) is 1.71. The van der Waals surface area contributed by atoms with E-state index in [2.05, 4.69) is 5.32 Å². The Balaban J connectivity index is 2.68. The Morgan fingerprint density at radius 2 is 1.82 bits per heavy atom. The lowest BCUT2D eigenvalue weighted by Crippen LogP contribution is -2.32. The topological polar surface area (TPSA) is 55.4 Å². The van der Waals surface area contributed by atoms with Gasteiger partial charge < -0.3 is 10.1 Å². The SMILES string of the molecule is CC(C)(C)OC(=O)C(=O)Nc1ccccc1F. The average molecular weight is 239 g/mol. The second-order valence-electron chi connectivity index (χ2n) is 4.44. The Morgan fingerprint density at radius 1 is 1.24 bits per heavy atom. The van der Waals surface area contributed by atoms with E-state index in [1.165, 1.54) is 18.2 Å². The molecule has 0 aliphatic carbocycles. The first-order chi connectivity index (χ1) is 7.79. The van der Waals surface area contributed by atoms with Crippen LogP contribution in [-0.4, -0.2) is 17.5 Å². The van der Waals surface area contributed by atoms with Gasteiger partial charge in [-0.3, -0.25) is 4.79 Å². The highest BCUT2D eigenvalue weighted by Gasteiger charge is 2.23. The number of nitrogens with one attached hydrogen (secondary N) is 1. The van der Waals surface area contributed by atoms with Gasteiger partial charge in [-0.15, -0.1) is 0 Å². The molecule has 4 nitrogen and oxygen atoms in total. The summed E-state index contributed by atoms with van der Waals surface area (Å²) in [6.45, 7) is 4.92. The number of para-hydroxylation sites is 1. The number of amides is 1. The lowest BCUT2D eigenvalue weighted by Gasteiger charge is -2.18. The zero-order valence-electron chi connectivity index (χ0n) is 9.91. The molecule has 17 heavy (non-hydrogen) atoms. The van der Waals surface area contributed by atoms with Gasteiger partial charge in [0.2, 0.25) is 0 Å². The first-order valence-electron chi connectivity index (χ1n) is 5.08. The second kappa shape index (κ2) is 4.95. The van der Waals surface area contributed by atoms with Crippen LogP contribution in [-0.2, 0) is 14.3 Å². The predicted octanol–water partition coefficient (Wildman–Crippen LogP) is 2.11. The molecule has 0 fully saturated rings. The van der Waals surface area contributed by atoms with Gasteiger partial charge in [0, 0.05) is 0 Å². The maximum Gasteiger partial charge on any atom is 0.397 e. The van der Waals surface area contributed by atoms with E-state index in [0.29, 0.717) is 0 Å². The Labute approximate surface area is 98.8 Å². The van der Waals surface area contributed by atoms with Gasteiger partial charge in [0.1, 0.15) is 11.4 Å². The molecule has 1 N–H and O–H groups in total. The quantitative estimate of drug-likeness (QED) is 0.603. The maximum absolute atomic E-state index is 13.2. The minimum absolute atomic E-state index is 0.0524. The predicted molar refractivity (Wildman–Crippen MR) is 60.9 cm³/mol. The van der Waals surface area contributed by atoms with Gasteiger partial charge in [-0.05, 0) is 32.9 Å². The van der Waals surface area contributed by atoms with Crippen molar-refractivity contribution in [2.45, 2.75) is 26.4 Å². The van der Waals surface area contributed by atoms with E-state index in [0.717, 1.165) is 0 Å². The summed E-state index contributed by atoms with van der Waals surface area (Å²) in [5.74, 6) is -2.64. The van der Waals surface area contributed by atoms with Crippen LogP contribution in [0.3, 0.4) is 0 Å². The van der Waals surface area contributed by atoms with Crippen LogP contribution >= 0.6 is 0 Å². The third-order valence-corrected chi connectivity index (χ3v) is 1.71. The number of esters is 1. The first-order valence-corrected chi connectivity index (χ1v) is 5.08. The van der Waals surface area contributed by atoms with E-state index in [-0.39, 0.29) is 5.69 Å². The number of ether oxygens (including phenoxy) is 1. The summed E-state index contributed by atoms with van der Waals surface area (Å²) in [6, 6.07) is 5.58. The summed E-state index contributed by atoms with van der Waals surface area (Å²) in [7, 11) is 0. The molecule has 0 aliphatic rings. The number of rotatable bonds is 1. The molecule has 0 radical (unpaired) electrons. The summed E-state index contributed by atoms with van der Waals surface area (Å²) in [5.41, 5.74) is -0.813. The van der Waals surface area contributed by atoms with Crippen molar-refractivity contribution < 1.29 is 18.7 Å². The number of anilines is 1. The van der Waals surface area contributed by atoms with E-state index in [9.17, 15) is 14.0 Å². The molecule has 1 aromatic carbocycles. The van der Waals surface area contributed by atoms with Crippen LogP contribution in [0.15, 0.2) is 24.3 Å². The van der Waals surface area contributed by atoms with Crippen molar-refractivity contribution in [3.63, 3.8) is 0 Å². The lowest BCUT2D eigenvalue weighted by molar-refractivity contribution is -0.161. The fraction of sp³-hybridized carbons (Fsp3) is 0.333. The van der Waals surface area contributed by atoms with Crippen molar-refractivity contribution in [3.8, 4) is 0 Å². The molecular formula is C12H14FNO3. The summed E-state index contributed by atoms with van der Waals surface area (Å²) in [5, 5.41) is 2.14. The van der Waals surface area contributed by atoms with Crippen LogP contribution in [0.1, 0.15) is 20.8 Å². The maximum atomic E-state index is 13.2. The van der Waals surface area contributed by atoms with Gasteiger partial charge in [-0.25, -0.2) is 9.18 Å². The molecule has 1 rings (SSSR count). The third kappa shape index (κ3) is 4.22. The van der Waals surface area contributed by atoms with E-state index in [1.807, 2.05) is 0 Å². The number of carbonyl (C=O) groups excluding carboxylic acids is 2. The molecule has 0 spiro atoms. The standard InChI is InChI=1S/C12H14FNO3/c1-12(2,3)17-11(16)10(15)14-9-7-5-4-6-8(9)13/h4-7H,1-3H3,(H,14,15). The van der Waals surface area contributed by atoms with E-state index >= 15 is 0 Å². The highest BCUT2D eigenvalue weighted by atomic mass is 19.1. The number of carbonyl (C=O) groups is 2. The van der Waals surface area contributed by atoms with Gasteiger partial charge in [-0.1, -0.05) is 12.1 Å². The fourth-order valence-electron chi connectivity index (χ4n) is 1.06. The van der Waals surface area contributed by atoms with Gasteiger partial charge in [-0.2, -0.15) is 0 Å². The highest BCUT2D eigenvalue weighted by Crippen LogP contribution is 2.13. The van der Waals surface area contributed by atoms with Crippen LogP contribution < -0.4 is 5.32 Å². The van der Waals surface area contributed by atoms with Gasteiger partial charge in [0.25, 0.3) is 0 Å². The summed E-state index contributed by atoms with van der Waals surface area (Å²) in [6.07, 6.45) is 0. The van der Waals surface area contributed by atoms with Crippen LogP contribution in [0.5, 0.6) is 0 Å². The molecule has 0 atom stereocenters. The van der Waals surface area contributed by atoms with Crippen LogP contribution in [0.2, 0.25) is 0 Å². The summed E-state index contributed by atoms with van der Waals surface area (Å²) < 4.78 is 18.0. The smallest absolute Gasteiger partial charge is 0.397 e. The molecule has 0 bridgehead atoms. The average Bonchev–Trinajstić information content (AvgIpc) is 2.18. The molecule has 92 valence electrons. The molecular weight excluding hydrogens is 225 g/mol. The van der Waals surface area contributed by atoms with E-state index in [4.69, 9.17) is 4.74 Å². The molecule has 1 aromatic rings. The molecule has 0 aromatic heterocycles. The number of hydrogen-bond donors (Lipinski definition) is 1. The minimum Gasteiger partial charge on any atom is -0.453 e. The van der Waals surface area contributed by atoms with Crippen molar-refractivity contribution >= 4 is 17.6 Å². The normalized spacial score (nSPS) is 10.8. The number of hydrogen-bond acceptors (Lipinski definition) is 3. The zero-order valence-corrected chi connectivity index (χ0v) is 9.91. The summed E-state index contributed by atoms with van der Waals surface area (Å²) in [4.78, 5) is 22.7. The Hall–Kier alpha value is -1.91. The van der Waals surface area contributed by atoms with Gasteiger partial charge in [0.05, 0.1) is 5.69 Å². The largest absolute Gasteiger partial charge is 0.453 e. The Kier molecular flexibility index (Phi) is 3.83. The van der Waals surface area contributed by atoms with Gasteiger partial charge >= 0.3 is 11.9 Å². The monoisotopic (exact) mass is 239 g/mol. The molecule has 1 amide bonds. The van der Waals surface area contributed by atoms with Crippen LogP contribution in [0.4, 0.5) is 10.1 Å². The molecule has 5 heteroatoms. The Bertz CT molecular complexity index is 438. The molecule has 0 aliphatic heterocycles. The van der Waals surface area contributed by atoms with Crippen LogP contribution in [0, 0.1) is 5.82 Å². The van der Waals surface area contributed by atoms with Crippen molar-refractivity contribution in [1.29, 1.82) is 0 Å². The van der Waals surface area contributed by atoms with E-state index in [1.54, 1.807) is 26.8 Å². The molecule has 0 saturated heterocycles. The van der Waals surface area contributed by atoms with Crippen molar-refractivity contribution in [1.82, 2.24) is 0 Å². The lowest BCUT2D eigenvalue weighted by atomic mass is 10.2. The summed E-state index contributed by atoms with van der Waals surface area (Å²) >= 11 is 0. The number of benzene rings is 1. The highest BCUT2D eigenvalue weighted by molar-refractivity contribution is 6.37. The zero-order chi connectivity index (χ0) is 13.1. The Morgan fingerprint density at radius 3 is 2.35 bits per heavy atom. The molecule has 0 heterocycles. The second-order valence-corrected chi connectivity index (χ2v) is 4.44. The van der Waals surface area contributed by atoms with Crippen molar-refractivity contribution in [3.05, 3.63) is 30.1 Å².